The summed E-state index contributed by atoms with van der Waals surface area (Å²) in [7, 11) is -3.09. The van der Waals surface area contributed by atoms with Crippen LogP contribution in [0.5, 0.6) is 5.75 Å². The van der Waals surface area contributed by atoms with Gasteiger partial charge >= 0.3 is 0 Å². The summed E-state index contributed by atoms with van der Waals surface area (Å²) in [6.07, 6.45) is 6.24. The second-order valence-corrected chi connectivity index (χ2v) is 12.5. The molecular weight excluding hydrogens is 476 g/mol. The topological polar surface area (TPSA) is 80.1 Å². The fourth-order valence-electron chi connectivity index (χ4n) is 5.55. The molecule has 0 unspecified atom stereocenters. The van der Waals surface area contributed by atoms with Gasteiger partial charge in [0, 0.05) is 49.2 Å². The van der Waals surface area contributed by atoms with E-state index in [9.17, 15) is 13.2 Å². The van der Waals surface area contributed by atoms with E-state index in [-0.39, 0.29) is 42.4 Å². The molecule has 1 aromatic heterocycles. The number of carbonyl (C=O) groups is 1. The average molecular weight is 509 g/mol. The summed E-state index contributed by atoms with van der Waals surface area (Å²) in [4.78, 5) is 17.7. The first-order valence-corrected chi connectivity index (χ1v) is 14.8. The smallest absolute Gasteiger partial charge is 0.290 e. The van der Waals surface area contributed by atoms with Crippen molar-refractivity contribution in [2.45, 2.75) is 44.2 Å². The first-order valence-electron chi connectivity index (χ1n) is 13.0. The molecule has 0 N–H and O–H groups in total. The van der Waals surface area contributed by atoms with Gasteiger partial charge in [0.1, 0.15) is 17.4 Å². The van der Waals surface area contributed by atoms with Gasteiger partial charge in [0.25, 0.3) is 5.91 Å². The van der Waals surface area contributed by atoms with Crippen molar-refractivity contribution < 1.29 is 22.4 Å². The second kappa shape index (κ2) is 9.56. The molecule has 2 saturated heterocycles. The quantitative estimate of drug-likeness (QED) is 0.509. The van der Waals surface area contributed by atoms with Crippen LogP contribution in [0.15, 0.2) is 52.9 Å². The molecule has 0 atom stereocenters. The largest absolute Gasteiger partial charge is 0.490 e. The van der Waals surface area contributed by atoms with E-state index in [1.807, 2.05) is 48.5 Å². The van der Waals surface area contributed by atoms with Crippen molar-refractivity contribution in [1.82, 2.24) is 9.80 Å². The number of fused-ring (bicyclic) bond motifs is 1. The molecular formula is C28H32N2O5S. The lowest BCUT2D eigenvalue weighted by molar-refractivity contribution is 0.0493. The fraction of sp³-hybridized carbons (Fsp3) is 0.464. The van der Waals surface area contributed by atoms with Gasteiger partial charge in [-0.25, -0.2) is 8.42 Å². The van der Waals surface area contributed by atoms with Crippen molar-refractivity contribution in [3.05, 3.63) is 54.3 Å². The van der Waals surface area contributed by atoms with Crippen molar-refractivity contribution in [3.63, 3.8) is 0 Å². The molecule has 2 aromatic carbocycles. The van der Waals surface area contributed by atoms with Crippen LogP contribution in [-0.4, -0.2) is 74.0 Å². The maximum Gasteiger partial charge on any atom is 0.290 e. The number of benzene rings is 2. The summed E-state index contributed by atoms with van der Waals surface area (Å²) >= 11 is 0. The maximum atomic E-state index is 13.5. The van der Waals surface area contributed by atoms with Gasteiger partial charge in [0.2, 0.25) is 5.76 Å². The van der Waals surface area contributed by atoms with Crippen molar-refractivity contribution in [2.24, 2.45) is 0 Å². The lowest BCUT2D eigenvalue weighted by Crippen LogP contribution is -2.46. The Morgan fingerprint density at radius 2 is 1.64 bits per heavy atom. The van der Waals surface area contributed by atoms with Crippen molar-refractivity contribution in [3.8, 4) is 16.9 Å². The molecule has 6 rings (SSSR count). The van der Waals surface area contributed by atoms with Gasteiger partial charge in [-0.1, -0.05) is 36.8 Å². The number of nitrogens with zero attached hydrogens (tertiary/aromatic N) is 2. The standard InChI is InChI=1S/C28H32N2O5S/c31-28(30-15-17-36(32,33)18-16-30)27-26(20-5-2-1-3-6-20)24-10-9-23(19-25(24)35-27)34-22-11-13-29(14-12-22)21-7-4-8-21/h1-3,5-6,9-10,19,21-22H,4,7-8,11-18H2. The van der Waals surface area contributed by atoms with E-state index in [0.29, 0.717) is 5.58 Å². The Morgan fingerprint density at radius 1 is 0.917 bits per heavy atom. The molecule has 1 amide bonds. The van der Waals surface area contributed by atoms with Gasteiger partial charge in [-0.05, 0) is 43.4 Å². The van der Waals surface area contributed by atoms with Gasteiger partial charge in [-0.2, -0.15) is 0 Å². The van der Waals surface area contributed by atoms with E-state index in [1.165, 1.54) is 19.3 Å². The Bertz CT molecular complexity index is 1340. The van der Waals surface area contributed by atoms with Crippen molar-refractivity contribution in [1.29, 1.82) is 0 Å². The normalized spacial score (nSPS) is 21.4. The van der Waals surface area contributed by atoms with Crippen LogP contribution in [0.3, 0.4) is 0 Å². The average Bonchev–Trinajstić information content (AvgIpc) is 3.23. The molecule has 0 spiro atoms. The monoisotopic (exact) mass is 508 g/mol. The molecule has 0 radical (unpaired) electrons. The molecule has 3 fully saturated rings. The van der Waals surface area contributed by atoms with E-state index in [0.717, 1.165) is 54.2 Å². The Labute approximate surface area is 211 Å². The minimum absolute atomic E-state index is 0.0167. The zero-order valence-electron chi connectivity index (χ0n) is 20.4. The van der Waals surface area contributed by atoms with Crippen LogP contribution in [0, 0.1) is 0 Å². The third-order valence-electron chi connectivity index (χ3n) is 7.92. The predicted octanol–water partition coefficient (Wildman–Crippen LogP) is 4.37. The van der Waals surface area contributed by atoms with E-state index in [1.54, 1.807) is 4.90 Å². The van der Waals surface area contributed by atoms with E-state index < -0.39 is 9.84 Å². The number of ether oxygens (including phenoxy) is 1. The minimum Gasteiger partial charge on any atom is -0.490 e. The van der Waals surface area contributed by atoms with Crippen LogP contribution in [0.1, 0.15) is 42.7 Å². The molecule has 2 aliphatic heterocycles. The predicted molar refractivity (Wildman–Crippen MR) is 139 cm³/mol. The van der Waals surface area contributed by atoms with Crippen LogP contribution in [-0.2, 0) is 9.84 Å². The fourth-order valence-corrected chi connectivity index (χ4v) is 6.76. The molecule has 190 valence electrons. The molecule has 1 saturated carbocycles. The number of furan rings is 1. The number of rotatable bonds is 5. The number of hydrogen-bond acceptors (Lipinski definition) is 6. The Balaban J connectivity index is 1.26. The van der Waals surface area contributed by atoms with Gasteiger partial charge in [0.15, 0.2) is 9.84 Å². The highest BCUT2D eigenvalue weighted by molar-refractivity contribution is 7.91. The summed E-state index contributed by atoms with van der Waals surface area (Å²) in [5.74, 6) is 0.697. The maximum absolute atomic E-state index is 13.5. The first-order chi connectivity index (χ1) is 17.5. The molecule has 3 heterocycles. The highest BCUT2D eigenvalue weighted by Crippen LogP contribution is 2.38. The van der Waals surface area contributed by atoms with Gasteiger partial charge in [-0.3, -0.25) is 4.79 Å². The van der Waals surface area contributed by atoms with Crippen LogP contribution in [0.2, 0.25) is 0 Å². The Morgan fingerprint density at radius 3 is 2.31 bits per heavy atom. The Kier molecular flexibility index (Phi) is 6.25. The first kappa shape index (κ1) is 23.6. The number of hydrogen-bond donors (Lipinski definition) is 0. The molecule has 7 nitrogen and oxygen atoms in total. The molecule has 3 aliphatic rings. The highest BCUT2D eigenvalue weighted by Gasteiger charge is 2.32. The van der Waals surface area contributed by atoms with Gasteiger partial charge in [-0.15, -0.1) is 0 Å². The van der Waals surface area contributed by atoms with Crippen LogP contribution in [0.4, 0.5) is 0 Å². The molecule has 8 heteroatoms. The van der Waals surface area contributed by atoms with E-state index in [2.05, 4.69) is 4.90 Å². The molecule has 1 aliphatic carbocycles. The van der Waals surface area contributed by atoms with Gasteiger partial charge in [0.05, 0.1) is 11.5 Å². The second-order valence-electron chi connectivity index (χ2n) is 10.2. The van der Waals surface area contributed by atoms with Crippen LogP contribution < -0.4 is 4.74 Å². The number of likely N-dealkylation sites (tertiary alicyclic amines) is 1. The number of amides is 1. The van der Waals surface area contributed by atoms with Crippen molar-refractivity contribution in [2.75, 3.05) is 37.7 Å². The van der Waals surface area contributed by atoms with E-state index >= 15 is 0 Å². The lowest BCUT2D eigenvalue weighted by Gasteiger charge is -2.41. The minimum atomic E-state index is -3.09. The number of carbonyl (C=O) groups excluding carboxylic acids is 1. The highest BCUT2D eigenvalue weighted by atomic mass is 32.2. The zero-order valence-corrected chi connectivity index (χ0v) is 21.2. The van der Waals surface area contributed by atoms with Crippen LogP contribution >= 0.6 is 0 Å². The molecule has 36 heavy (non-hydrogen) atoms. The number of sulfone groups is 1. The van der Waals surface area contributed by atoms with Gasteiger partial charge < -0.3 is 19.0 Å². The van der Waals surface area contributed by atoms with Crippen LogP contribution in [0.25, 0.3) is 22.1 Å². The SMILES string of the molecule is O=C(c1oc2cc(OC3CCN(C4CCC4)CC3)ccc2c1-c1ccccc1)N1CCS(=O)(=O)CC1. The molecule has 3 aromatic rings. The third kappa shape index (κ3) is 4.64. The third-order valence-corrected chi connectivity index (χ3v) is 9.53. The Hall–Kier alpha value is -2.84. The lowest BCUT2D eigenvalue weighted by atomic mass is 9.90. The summed E-state index contributed by atoms with van der Waals surface area (Å²) in [5, 5.41) is 0.848. The zero-order chi connectivity index (χ0) is 24.7. The van der Waals surface area contributed by atoms with E-state index in [4.69, 9.17) is 9.15 Å². The summed E-state index contributed by atoms with van der Waals surface area (Å²) < 4.78 is 36.3. The number of piperidine rings is 1. The summed E-state index contributed by atoms with van der Waals surface area (Å²) in [6, 6.07) is 16.3. The summed E-state index contributed by atoms with van der Waals surface area (Å²) in [5.41, 5.74) is 2.23. The summed E-state index contributed by atoms with van der Waals surface area (Å²) in [6.45, 7) is 2.53. The van der Waals surface area contributed by atoms with Crippen molar-refractivity contribution >= 4 is 26.7 Å². The molecule has 0 bridgehead atoms.